The molecule has 134 valence electrons. The second-order valence-electron chi connectivity index (χ2n) is 7.05. The molecule has 1 aromatic heterocycles. The highest BCUT2D eigenvalue weighted by Crippen LogP contribution is 2.41. The molecular weight excluding hydrogens is 312 g/mol. The zero-order chi connectivity index (χ0) is 17.8. The molecule has 3 N–H and O–H groups in total. The molecule has 4 heteroatoms. The number of aliphatic hydroxyl groups is 1. The molecule has 0 saturated heterocycles. The van der Waals surface area contributed by atoms with E-state index in [1.54, 1.807) is 13.3 Å². The van der Waals surface area contributed by atoms with Gasteiger partial charge >= 0.3 is 0 Å². The zero-order valence-electron chi connectivity index (χ0n) is 14.9. The lowest BCUT2D eigenvalue weighted by Crippen LogP contribution is -2.29. The lowest BCUT2D eigenvalue weighted by molar-refractivity contribution is 0.0622. The zero-order valence-corrected chi connectivity index (χ0v) is 14.9. The fourth-order valence-corrected chi connectivity index (χ4v) is 4.21. The highest BCUT2D eigenvalue weighted by atomic mass is 16.5. The SMILES string of the molecule is C=C[C@@H](CN)[C@H]1CCC[C@@H]([C@@H](O)c2ccnc3ccc(OC)cc23)C1. The van der Waals surface area contributed by atoms with Crippen molar-refractivity contribution in [1.82, 2.24) is 4.98 Å². The summed E-state index contributed by atoms with van der Waals surface area (Å²) in [5, 5.41) is 12.1. The van der Waals surface area contributed by atoms with Crippen LogP contribution in [0.15, 0.2) is 43.1 Å². The Bertz CT molecular complexity index is 731. The van der Waals surface area contributed by atoms with Gasteiger partial charge in [0, 0.05) is 11.6 Å². The van der Waals surface area contributed by atoms with Gasteiger partial charge in [-0.3, -0.25) is 4.98 Å². The number of ether oxygens (including phenoxy) is 1. The van der Waals surface area contributed by atoms with Crippen LogP contribution in [0.5, 0.6) is 5.75 Å². The van der Waals surface area contributed by atoms with Gasteiger partial charge in [-0.15, -0.1) is 6.58 Å². The Kier molecular flexibility index (Phi) is 5.71. The third kappa shape index (κ3) is 3.70. The molecule has 1 aliphatic rings. The van der Waals surface area contributed by atoms with Gasteiger partial charge in [0.15, 0.2) is 0 Å². The summed E-state index contributed by atoms with van der Waals surface area (Å²) in [6.45, 7) is 4.56. The first-order chi connectivity index (χ1) is 12.2. The van der Waals surface area contributed by atoms with Crippen molar-refractivity contribution in [3.63, 3.8) is 0 Å². The summed E-state index contributed by atoms with van der Waals surface area (Å²) >= 11 is 0. The molecule has 1 fully saturated rings. The lowest BCUT2D eigenvalue weighted by atomic mass is 9.72. The van der Waals surface area contributed by atoms with Crippen LogP contribution >= 0.6 is 0 Å². The maximum absolute atomic E-state index is 11.1. The summed E-state index contributed by atoms with van der Waals surface area (Å²) in [6.07, 6.45) is 7.59. The van der Waals surface area contributed by atoms with Crippen LogP contribution in [0.4, 0.5) is 0 Å². The van der Waals surface area contributed by atoms with Gasteiger partial charge in [-0.05, 0) is 73.4 Å². The van der Waals surface area contributed by atoms with Gasteiger partial charge < -0.3 is 15.6 Å². The van der Waals surface area contributed by atoms with E-state index in [1.165, 1.54) is 6.42 Å². The van der Waals surface area contributed by atoms with E-state index in [1.807, 2.05) is 30.3 Å². The molecule has 3 rings (SSSR count). The quantitative estimate of drug-likeness (QED) is 0.784. The topological polar surface area (TPSA) is 68.4 Å². The van der Waals surface area contributed by atoms with Gasteiger partial charge in [0.1, 0.15) is 5.75 Å². The number of rotatable bonds is 6. The van der Waals surface area contributed by atoms with Gasteiger partial charge in [0.25, 0.3) is 0 Å². The Morgan fingerprint density at radius 1 is 1.36 bits per heavy atom. The third-order valence-electron chi connectivity index (χ3n) is 5.68. The number of hydrogen-bond donors (Lipinski definition) is 2. The minimum Gasteiger partial charge on any atom is -0.497 e. The van der Waals surface area contributed by atoms with Gasteiger partial charge in [0.05, 0.1) is 18.7 Å². The van der Waals surface area contributed by atoms with Crippen LogP contribution in [0, 0.1) is 17.8 Å². The van der Waals surface area contributed by atoms with Crippen molar-refractivity contribution >= 4 is 10.9 Å². The average Bonchev–Trinajstić information content (AvgIpc) is 2.67. The molecule has 4 atom stereocenters. The van der Waals surface area contributed by atoms with E-state index in [0.717, 1.165) is 41.5 Å². The molecule has 0 radical (unpaired) electrons. The van der Waals surface area contributed by atoms with Gasteiger partial charge in [0.2, 0.25) is 0 Å². The van der Waals surface area contributed by atoms with Crippen LogP contribution < -0.4 is 10.5 Å². The maximum Gasteiger partial charge on any atom is 0.119 e. The number of fused-ring (bicyclic) bond motifs is 1. The van der Waals surface area contributed by atoms with E-state index in [4.69, 9.17) is 10.5 Å². The number of aromatic nitrogens is 1. The summed E-state index contributed by atoms with van der Waals surface area (Å²) in [5.74, 6) is 1.87. The highest BCUT2D eigenvalue weighted by molar-refractivity contribution is 5.83. The number of pyridine rings is 1. The van der Waals surface area contributed by atoms with Crippen molar-refractivity contribution < 1.29 is 9.84 Å². The van der Waals surface area contributed by atoms with Crippen molar-refractivity contribution in [3.05, 3.63) is 48.7 Å². The Morgan fingerprint density at radius 2 is 2.16 bits per heavy atom. The first kappa shape index (κ1) is 17.9. The summed E-state index contributed by atoms with van der Waals surface area (Å²) in [4.78, 5) is 4.42. The Hall–Kier alpha value is -1.91. The Balaban J connectivity index is 1.88. The first-order valence-corrected chi connectivity index (χ1v) is 9.11. The largest absolute Gasteiger partial charge is 0.497 e. The molecule has 0 amide bonds. The minimum absolute atomic E-state index is 0.240. The molecule has 1 saturated carbocycles. The van der Waals surface area contributed by atoms with E-state index >= 15 is 0 Å². The molecule has 25 heavy (non-hydrogen) atoms. The van der Waals surface area contributed by atoms with E-state index in [2.05, 4.69) is 11.6 Å². The molecule has 4 nitrogen and oxygen atoms in total. The third-order valence-corrected chi connectivity index (χ3v) is 5.68. The van der Waals surface area contributed by atoms with Crippen LogP contribution in [-0.2, 0) is 0 Å². The molecule has 1 aromatic carbocycles. The summed E-state index contributed by atoms with van der Waals surface area (Å²) in [6, 6.07) is 7.74. The van der Waals surface area contributed by atoms with Crippen molar-refractivity contribution in [3.8, 4) is 5.75 Å². The number of methoxy groups -OCH3 is 1. The van der Waals surface area contributed by atoms with Gasteiger partial charge in [-0.25, -0.2) is 0 Å². The summed E-state index contributed by atoms with van der Waals surface area (Å²) in [5.41, 5.74) is 7.72. The fraction of sp³-hybridized carbons (Fsp3) is 0.476. The van der Waals surface area contributed by atoms with Crippen LogP contribution in [-0.4, -0.2) is 23.7 Å². The first-order valence-electron chi connectivity index (χ1n) is 9.11. The normalized spacial score (nSPS) is 23.2. The van der Waals surface area contributed by atoms with Crippen molar-refractivity contribution in [1.29, 1.82) is 0 Å². The van der Waals surface area contributed by atoms with Crippen LogP contribution in [0.1, 0.15) is 37.4 Å². The number of nitrogens with zero attached hydrogens (tertiary/aromatic N) is 1. The predicted octanol–water partition coefficient (Wildman–Crippen LogP) is 3.84. The van der Waals surface area contributed by atoms with Crippen LogP contribution in [0.3, 0.4) is 0 Å². The van der Waals surface area contributed by atoms with Gasteiger partial charge in [-0.2, -0.15) is 0 Å². The smallest absolute Gasteiger partial charge is 0.119 e. The Labute approximate surface area is 149 Å². The van der Waals surface area contributed by atoms with Crippen LogP contribution in [0.25, 0.3) is 10.9 Å². The average molecular weight is 340 g/mol. The maximum atomic E-state index is 11.1. The van der Waals surface area contributed by atoms with E-state index < -0.39 is 6.10 Å². The van der Waals surface area contributed by atoms with Gasteiger partial charge in [-0.1, -0.05) is 12.5 Å². The molecule has 1 heterocycles. The molecule has 0 spiro atoms. The monoisotopic (exact) mass is 340 g/mol. The molecule has 0 unspecified atom stereocenters. The molecule has 2 aromatic rings. The summed E-state index contributed by atoms with van der Waals surface area (Å²) < 4.78 is 5.35. The fourth-order valence-electron chi connectivity index (χ4n) is 4.21. The molecule has 0 bridgehead atoms. The molecule has 0 aliphatic heterocycles. The van der Waals surface area contributed by atoms with Crippen molar-refractivity contribution in [2.45, 2.75) is 31.8 Å². The second-order valence-corrected chi connectivity index (χ2v) is 7.05. The number of nitrogens with two attached hydrogens (primary N) is 1. The number of hydrogen-bond acceptors (Lipinski definition) is 4. The predicted molar refractivity (Wildman–Crippen MR) is 101 cm³/mol. The summed E-state index contributed by atoms with van der Waals surface area (Å²) in [7, 11) is 1.65. The van der Waals surface area contributed by atoms with E-state index in [-0.39, 0.29) is 5.92 Å². The number of benzene rings is 1. The van der Waals surface area contributed by atoms with E-state index in [0.29, 0.717) is 18.4 Å². The standard InChI is InChI=1S/C21H28N2O2/c1-3-14(13-22)15-5-4-6-16(11-15)21(24)18-9-10-23-20-8-7-17(25-2)12-19(18)20/h3,7-10,12,14-16,21,24H,1,4-6,11,13,22H2,2H3/t14-,15-,16+,21+/m0/s1. The highest BCUT2D eigenvalue weighted by Gasteiger charge is 2.31. The molecular formula is C21H28N2O2. The Morgan fingerprint density at radius 3 is 2.88 bits per heavy atom. The van der Waals surface area contributed by atoms with Crippen LogP contribution in [0.2, 0.25) is 0 Å². The van der Waals surface area contributed by atoms with Crippen molar-refractivity contribution in [2.75, 3.05) is 13.7 Å². The second kappa shape index (κ2) is 7.98. The number of aliphatic hydroxyl groups excluding tert-OH is 1. The minimum atomic E-state index is -0.497. The lowest BCUT2D eigenvalue weighted by Gasteiger charge is -2.35. The van der Waals surface area contributed by atoms with Crippen molar-refractivity contribution in [2.24, 2.45) is 23.5 Å². The van der Waals surface area contributed by atoms with E-state index in [9.17, 15) is 5.11 Å². The molecule has 1 aliphatic carbocycles.